The Kier molecular flexibility index (Phi) is 2.61. The summed E-state index contributed by atoms with van der Waals surface area (Å²) in [5, 5.41) is 1.65. The second kappa shape index (κ2) is 3.75. The van der Waals surface area contributed by atoms with Gasteiger partial charge in [0.15, 0.2) is 0 Å². The Morgan fingerprint density at radius 3 is 3.00 bits per heavy atom. The number of fused-ring (bicyclic) bond motifs is 1. The van der Waals surface area contributed by atoms with Crippen LogP contribution in [0.3, 0.4) is 0 Å². The van der Waals surface area contributed by atoms with E-state index in [2.05, 4.69) is 20.9 Å². The Morgan fingerprint density at radius 1 is 1.43 bits per heavy atom. The zero-order chi connectivity index (χ0) is 10.1. The molecule has 14 heavy (non-hydrogen) atoms. The number of hydrogen-bond acceptors (Lipinski definition) is 1. The molecule has 1 aliphatic rings. The molecule has 0 bridgehead atoms. The van der Waals surface area contributed by atoms with Crippen molar-refractivity contribution in [3.05, 3.63) is 42.6 Å². The van der Waals surface area contributed by atoms with Gasteiger partial charge in [-0.3, -0.25) is 4.79 Å². The predicted octanol–water partition coefficient (Wildman–Crippen LogP) is 1.27. The summed E-state index contributed by atoms with van der Waals surface area (Å²) in [5.41, 5.74) is -0.135. The summed E-state index contributed by atoms with van der Waals surface area (Å²) < 4.78 is 0.903. The first-order chi connectivity index (χ1) is 6.68. The summed E-state index contributed by atoms with van der Waals surface area (Å²) in [6, 6.07) is 0. The fourth-order valence-electron chi connectivity index (χ4n) is 1.33. The number of aromatic amines is 1. The number of aromatic nitrogens is 1. The summed E-state index contributed by atoms with van der Waals surface area (Å²) in [5.74, 6) is 0. The van der Waals surface area contributed by atoms with Gasteiger partial charge in [-0.15, -0.1) is 0 Å². The minimum absolute atomic E-state index is 0.135. The summed E-state index contributed by atoms with van der Waals surface area (Å²) in [6.07, 6.45) is 8.04. The maximum atomic E-state index is 11.7. The van der Waals surface area contributed by atoms with Crippen LogP contribution in [0.4, 0.5) is 0 Å². The van der Waals surface area contributed by atoms with Gasteiger partial charge in [0.1, 0.15) is 5.02 Å². The Morgan fingerprint density at radius 2 is 2.21 bits per heavy atom. The average molecular weight is 273 g/mol. The molecule has 2 nitrogen and oxygen atoms in total. The van der Waals surface area contributed by atoms with Crippen molar-refractivity contribution in [2.75, 3.05) is 0 Å². The lowest BCUT2D eigenvalue weighted by Crippen LogP contribution is -2.40. The van der Waals surface area contributed by atoms with Crippen LogP contribution in [0.1, 0.15) is 6.42 Å². The molecule has 1 heterocycles. The maximum absolute atomic E-state index is 11.7. The van der Waals surface area contributed by atoms with Gasteiger partial charge in [0.25, 0.3) is 0 Å². The number of pyridine rings is 1. The zero-order valence-corrected chi connectivity index (χ0v) is 9.52. The van der Waals surface area contributed by atoms with Crippen molar-refractivity contribution < 1.29 is 0 Å². The summed E-state index contributed by atoms with van der Waals surface area (Å²) in [7, 11) is 0. The van der Waals surface area contributed by atoms with E-state index in [1.807, 2.05) is 12.2 Å². The van der Waals surface area contributed by atoms with E-state index >= 15 is 0 Å². The number of rotatable bonds is 0. The minimum Gasteiger partial charge on any atom is -0.360 e. The van der Waals surface area contributed by atoms with Crippen molar-refractivity contribution in [1.29, 1.82) is 0 Å². The first-order valence-electron chi connectivity index (χ1n) is 4.13. The largest absolute Gasteiger partial charge is 0.360 e. The number of nitrogens with one attached hydrogen (secondary N) is 1. The lowest BCUT2D eigenvalue weighted by molar-refractivity contribution is 1.19. The molecule has 0 aliphatic heterocycles. The molecule has 4 heteroatoms. The van der Waals surface area contributed by atoms with Gasteiger partial charge in [-0.1, -0.05) is 39.7 Å². The van der Waals surface area contributed by atoms with E-state index < -0.39 is 0 Å². The fourth-order valence-corrected chi connectivity index (χ4v) is 1.91. The van der Waals surface area contributed by atoms with Crippen molar-refractivity contribution in [3.8, 4) is 0 Å². The molecule has 0 spiro atoms. The number of H-pyrrole nitrogens is 1. The van der Waals surface area contributed by atoms with Gasteiger partial charge in [0.2, 0.25) is 5.43 Å². The number of hydrogen-bond donors (Lipinski definition) is 1. The summed E-state index contributed by atoms with van der Waals surface area (Å²) in [6.45, 7) is 0. The normalized spacial score (nSPS) is 14.6. The smallest absolute Gasteiger partial charge is 0.207 e. The fraction of sp³-hybridized carbons (Fsp3) is 0.100. The highest BCUT2D eigenvalue weighted by atomic mass is 79.9. The Bertz CT molecular complexity index is 571. The van der Waals surface area contributed by atoms with Gasteiger partial charge >= 0.3 is 0 Å². The maximum Gasteiger partial charge on any atom is 0.207 e. The van der Waals surface area contributed by atoms with Crippen LogP contribution in [0.2, 0.25) is 5.02 Å². The van der Waals surface area contributed by atoms with Gasteiger partial charge in [-0.05, 0) is 12.5 Å². The predicted molar refractivity (Wildman–Crippen MR) is 61.9 cm³/mol. The Hall–Kier alpha value is -0.800. The van der Waals surface area contributed by atoms with Crippen molar-refractivity contribution in [1.82, 2.24) is 4.98 Å². The van der Waals surface area contributed by atoms with E-state index in [4.69, 9.17) is 11.6 Å². The molecule has 1 aliphatic carbocycles. The molecule has 1 N–H and O–H groups in total. The third-order valence-corrected chi connectivity index (χ3v) is 2.86. The average Bonchev–Trinajstić information content (AvgIpc) is 2.34. The van der Waals surface area contributed by atoms with Crippen LogP contribution in [0.25, 0.3) is 12.2 Å². The SMILES string of the molecule is O=c1c(Cl)c[nH]c2c1=CC(Br)=CCC=2. The monoisotopic (exact) mass is 271 g/mol. The molecule has 1 aromatic heterocycles. The topological polar surface area (TPSA) is 32.9 Å². The molecule has 0 radical (unpaired) electrons. The second-order valence-electron chi connectivity index (χ2n) is 2.97. The molecule has 1 aromatic rings. The molecule has 0 saturated heterocycles. The molecule has 2 rings (SSSR count). The van der Waals surface area contributed by atoms with E-state index in [0.717, 1.165) is 16.3 Å². The molecule has 0 atom stereocenters. The zero-order valence-electron chi connectivity index (χ0n) is 7.18. The number of allylic oxidation sites excluding steroid dienone is 2. The summed E-state index contributed by atoms with van der Waals surface area (Å²) >= 11 is 9.09. The van der Waals surface area contributed by atoms with Crippen LogP contribution in [0.15, 0.2) is 21.5 Å². The van der Waals surface area contributed by atoms with E-state index in [1.165, 1.54) is 6.20 Å². The third kappa shape index (κ3) is 1.70. The van der Waals surface area contributed by atoms with Gasteiger partial charge in [-0.2, -0.15) is 0 Å². The van der Waals surface area contributed by atoms with Crippen LogP contribution in [-0.4, -0.2) is 4.98 Å². The van der Waals surface area contributed by atoms with Crippen molar-refractivity contribution in [2.24, 2.45) is 0 Å². The molecule has 0 unspecified atom stereocenters. The quantitative estimate of drug-likeness (QED) is 0.758. The van der Waals surface area contributed by atoms with Crippen LogP contribution in [-0.2, 0) is 0 Å². The standard InChI is InChI=1S/C10H7BrClNO/c11-6-2-1-3-9-7(4-6)10(14)8(12)5-13-9/h2-5,13H,1H2. The molecule has 0 aromatic carbocycles. The van der Waals surface area contributed by atoms with Gasteiger partial charge < -0.3 is 4.98 Å². The van der Waals surface area contributed by atoms with Crippen LogP contribution < -0.4 is 16.0 Å². The lowest BCUT2D eigenvalue weighted by atomic mass is 10.3. The third-order valence-electron chi connectivity index (χ3n) is 2.02. The van der Waals surface area contributed by atoms with Crippen LogP contribution in [0.5, 0.6) is 0 Å². The van der Waals surface area contributed by atoms with E-state index in [1.54, 1.807) is 6.08 Å². The van der Waals surface area contributed by atoms with E-state index in [9.17, 15) is 4.79 Å². The Balaban J connectivity index is 2.94. The van der Waals surface area contributed by atoms with Gasteiger partial charge in [0.05, 0.1) is 0 Å². The lowest BCUT2D eigenvalue weighted by Gasteiger charge is -1.91. The highest BCUT2D eigenvalue weighted by molar-refractivity contribution is 9.12. The second-order valence-corrected chi connectivity index (χ2v) is 4.29. The van der Waals surface area contributed by atoms with Crippen molar-refractivity contribution >= 4 is 39.7 Å². The molecule has 0 saturated carbocycles. The molecular formula is C10H7BrClNO. The number of halogens is 2. The first-order valence-corrected chi connectivity index (χ1v) is 5.30. The Labute approximate surface area is 93.7 Å². The van der Waals surface area contributed by atoms with Gasteiger partial charge in [-0.25, -0.2) is 0 Å². The van der Waals surface area contributed by atoms with Crippen LogP contribution in [0, 0.1) is 0 Å². The highest BCUT2D eigenvalue weighted by Crippen LogP contribution is 2.08. The van der Waals surface area contributed by atoms with E-state index in [0.29, 0.717) is 5.22 Å². The molecule has 0 fully saturated rings. The van der Waals surface area contributed by atoms with Crippen LogP contribution >= 0.6 is 27.5 Å². The minimum atomic E-state index is -0.135. The van der Waals surface area contributed by atoms with E-state index in [-0.39, 0.29) is 10.5 Å². The van der Waals surface area contributed by atoms with Crippen molar-refractivity contribution in [2.45, 2.75) is 6.42 Å². The molecule has 0 amide bonds. The summed E-state index contributed by atoms with van der Waals surface area (Å²) in [4.78, 5) is 14.6. The van der Waals surface area contributed by atoms with Gasteiger partial charge in [0, 0.05) is 21.2 Å². The van der Waals surface area contributed by atoms with Crippen molar-refractivity contribution in [3.63, 3.8) is 0 Å². The molecular weight excluding hydrogens is 265 g/mol. The highest BCUT2D eigenvalue weighted by Gasteiger charge is 2.01. The molecule has 72 valence electrons. The first kappa shape index (κ1) is 9.74.